The van der Waals surface area contributed by atoms with Gasteiger partial charge in [-0.25, -0.2) is 0 Å². The Morgan fingerprint density at radius 1 is 1.12 bits per heavy atom. The number of hydrogen-bond acceptors (Lipinski definition) is 2. The van der Waals surface area contributed by atoms with Crippen molar-refractivity contribution in [1.29, 1.82) is 0 Å². The maximum atomic E-state index is 4.57. The number of amidine groups is 1. The van der Waals surface area contributed by atoms with Crippen molar-refractivity contribution >= 4 is 5.84 Å². The summed E-state index contributed by atoms with van der Waals surface area (Å²) in [5.41, 5.74) is 7.07. The molecule has 0 fully saturated rings. The lowest BCUT2D eigenvalue weighted by Gasteiger charge is -2.19. The summed E-state index contributed by atoms with van der Waals surface area (Å²) in [6.45, 7) is 10.9. The van der Waals surface area contributed by atoms with E-state index in [0.29, 0.717) is 0 Å². The first kappa shape index (κ1) is 12.2. The summed E-state index contributed by atoms with van der Waals surface area (Å²) in [6.07, 6.45) is 2.12. The number of benzene rings is 1. The van der Waals surface area contributed by atoms with Gasteiger partial charge in [0.05, 0.1) is 0 Å². The smallest absolute Gasteiger partial charge is 0.101 e. The highest BCUT2D eigenvalue weighted by molar-refractivity contribution is 5.85. The molecule has 1 aromatic carbocycles. The molecule has 0 spiro atoms. The molecule has 0 saturated heterocycles. The van der Waals surface area contributed by atoms with Crippen molar-refractivity contribution in [3.8, 4) is 0 Å². The number of aryl methyl sites for hydroxylation is 2. The van der Waals surface area contributed by atoms with Crippen LogP contribution in [-0.4, -0.2) is 18.9 Å². The number of rotatable bonds is 2. The summed E-state index contributed by atoms with van der Waals surface area (Å²) in [5.74, 6) is 1.16. The van der Waals surface area contributed by atoms with Gasteiger partial charge in [0.2, 0.25) is 0 Å². The predicted molar refractivity (Wildman–Crippen MR) is 74.0 cm³/mol. The van der Waals surface area contributed by atoms with Gasteiger partial charge in [-0.15, -0.1) is 0 Å². The summed E-state index contributed by atoms with van der Waals surface area (Å²) in [5, 5.41) is 3.41. The third-order valence-electron chi connectivity index (χ3n) is 3.83. The maximum Gasteiger partial charge on any atom is 0.101 e. The highest BCUT2D eigenvalue weighted by Gasteiger charge is 2.12. The maximum absolute atomic E-state index is 4.57. The first-order chi connectivity index (χ1) is 8.09. The summed E-state index contributed by atoms with van der Waals surface area (Å²) >= 11 is 0. The van der Waals surface area contributed by atoms with E-state index in [2.05, 4.69) is 44.1 Å². The van der Waals surface area contributed by atoms with Gasteiger partial charge in [-0.3, -0.25) is 4.99 Å². The highest BCUT2D eigenvalue weighted by atomic mass is 15.0. The monoisotopic (exact) mass is 230 g/mol. The van der Waals surface area contributed by atoms with E-state index in [1.165, 1.54) is 27.8 Å². The molecule has 1 heterocycles. The largest absolute Gasteiger partial charge is 0.373 e. The van der Waals surface area contributed by atoms with Crippen LogP contribution in [0.2, 0.25) is 0 Å². The molecule has 1 N–H and O–H groups in total. The molecule has 0 atom stereocenters. The van der Waals surface area contributed by atoms with Gasteiger partial charge in [0.25, 0.3) is 0 Å². The molecule has 0 unspecified atom stereocenters. The lowest BCUT2D eigenvalue weighted by molar-refractivity contribution is 0.730. The van der Waals surface area contributed by atoms with E-state index in [1.54, 1.807) is 0 Å². The van der Waals surface area contributed by atoms with E-state index >= 15 is 0 Å². The van der Waals surface area contributed by atoms with Gasteiger partial charge < -0.3 is 5.32 Å². The predicted octanol–water partition coefficient (Wildman–Crippen LogP) is 2.85. The quantitative estimate of drug-likeness (QED) is 0.830. The minimum absolute atomic E-state index is 0.959. The van der Waals surface area contributed by atoms with Crippen LogP contribution in [0.4, 0.5) is 0 Å². The van der Waals surface area contributed by atoms with Crippen LogP contribution in [0.3, 0.4) is 0 Å². The highest BCUT2D eigenvalue weighted by Crippen LogP contribution is 2.22. The molecule has 0 bridgehead atoms. The van der Waals surface area contributed by atoms with Crippen molar-refractivity contribution in [3.63, 3.8) is 0 Å². The van der Waals surface area contributed by atoms with Crippen LogP contribution in [0, 0.1) is 27.7 Å². The van der Waals surface area contributed by atoms with Crippen molar-refractivity contribution in [3.05, 3.63) is 33.9 Å². The van der Waals surface area contributed by atoms with Crippen molar-refractivity contribution in [1.82, 2.24) is 5.32 Å². The SMILES string of the molecule is Cc1cc(C)c(C)c(CC2=NCCCN2)c1C. The number of nitrogens with one attached hydrogen (secondary N) is 1. The molecular weight excluding hydrogens is 208 g/mol. The lowest BCUT2D eigenvalue weighted by atomic mass is 9.92. The second kappa shape index (κ2) is 4.91. The Morgan fingerprint density at radius 2 is 1.76 bits per heavy atom. The van der Waals surface area contributed by atoms with E-state index in [1.807, 2.05) is 0 Å². The zero-order chi connectivity index (χ0) is 12.4. The first-order valence-electron chi connectivity index (χ1n) is 6.43. The fourth-order valence-electron chi connectivity index (χ4n) is 2.43. The fourth-order valence-corrected chi connectivity index (χ4v) is 2.43. The summed E-state index contributed by atoms with van der Waals surface area (Å²) in [4.78, 5) is 4.57. The van der Waals surface area contributed by atoms with E-state index in [9.17, 15) is 0 Å². The second-order valence-corrected chi connectivity index (χ2v) is 5.02. The minimum Gasteiger partial charge on any atom is -0.373 e. The van der Waals surface area contributed by atoms with Gasteiger partial charge in [0.15, 0.2) is 0 Å². The average Bonchev–Trinajstić information content (AvgIpc) is 2.33. The molecule has 0 aromatic heterocycles. The standard InChI is InChI=1S/C15H22N2/c1-10-8-11(2)13(4)14(12(10)3)9-15-16-6-5-7-17-15/h8H,5-7,9H2,1-4H3,(H,16,17). The Hall–Kier alpha value is -1.31. The molecule has 0 radical (unpaired) electrons. The van der Waals surface area contributed by atoms with Gasteiger partial charge in [-0.05, 0) is 61.9 Å². The summed E-state index contributed by atoms with van der Waals surface area (Å²) in [7, 11) is 0. The van der Waals surface area contributed by atoms with E-state index in [-0.39, 0.29) is 0 Å². The van der Waals surface area contributed by atoms with Gasteiger partial charge in [0, 0.05) is 19.5 Å². The molecule has 1 aliphatic heterocycles. The third-order valence-corrected chi connectivity index (χ3v) is 3.83. The molecule has 0 saturated carbocycles. The van der Waals surface area contributed by atoms with Crippen molar-refractivity contribution < 1.29 is 0 Å². The van der Waals surface area contributed by atoms with E-state index in [4.69, 9.17) is 0 Å². The molecule has 2 nitrogen and oxygen atoms in total. The molecule has 2 heteroatoms. The Bertz CT molecular complexity index is 432. The number of aliphatic imine (C=N–C) groups is 1. The summed E-state index contributed by atoms with van der Waals surface area (Å²) in [6, 6.07) is 2.28. The molecule has 92 valence electrons. The second-order valence-electron chi connectivity index (χ2n) is 5.02. The van der Waals surface area contributed by atoms with Gasteiger partial charge >= 0.3 is 0 Å². The van der Waals surface area contributed by atoms with Crippen molar-refractivity contribution in [2.45, 2.75) is 40.5 Å². The minimum atomic E-state index is 0.959. The first-order valence-corrected chi connectivity index (χ1v) is 6.43. The molecule has 17 heavy (non-hydrogen) atoms. The third kappa shape index (κ3) is 2.51. The van der Waals surface area contributed by atoms with Gasteiger partial charge in [0.1, 0.15) is 5.84 Å². The van der Waals surface area contributed by atoms with Crippen LogP contribution in [0.15, 0.2) is 11.1 Å². The Morgan fingerprint density at radius 3 is 2.29 bits per heavy atom. The fraction of sp³-hybridized carbons (Fsp3) is 0.533. The average molecular weight is 230 g/mol. The van der Waals surface area contributed by atoms with Crippen LogP contribution >= 0.6 is 0 Å². The Labute approximate surface area is 104 Å². The molecule has 1 aliphatic rings. The van der Waals surface area contributed by atoms with E-state index in [0.717, 1.165) is 31.8 Å². The molecule has 2 rings (SSSR count). The van der Waals surface area contributed by atoms with Crippen LogP contribution in [0.25, 0.3) is 0 Å². The number of hydrogen-bond donors (Lipinski definition) is 1. The molecule has 0 amide bonds. The van der Waals surface area contributed by atoms with Gasteiger partial charge in [-0.1, -0.05) is 6.07 Å². The van der Waals surface area contributed by atoms with Crippen LogP contribution in [-0.2, 0) is 6.42 Å². The zero-order valence-corrected chi connectivity index (χ0v) is 11.4. The zero-order valence-electron chi connectivity index (χ0n) is 11.4. The Kier molecular flexibility index (Phi) is 3.51. The topological polar surface area (TPSA) is 24.4 Å². The van der Waals surface area contributed by atoms with Crippen LogP contribution in [0.5, 0.6) is 0 Å². The Balaban J connectivity index is 2.34. The van der Waals surface area contributed by atoms with Crippen LogP contribution < -0.4 is 5.32 Å². The molecular formula is C15H22N2. The van der Waals surface area contributed by atoms with Crippen molar-refractivity contribution in [2.75, 3.05) is 13.1 Å². The lowest BCUT2D eigenvalue weighted by Crippen LogP contribution is -2.31. The van der Waals surface area contributed by atoms with Gasteiger partial charge in [-0.2, -0.15) is 0 Å². The molecule has 0 aliphatic carbocycles. The normalized spacial score (nSPS) is 15.4. The molecule has 1 aromatic rings. The van der Waals surface area contributed by atoms with Crippen LogP contribution in [0.1, 0.15) is 34.2 Å². The summed E-state index contributed by atoms with van der Waals surface area (Å²) < 4.78 is 0. The van der Waals surface area contributed by atoms with Crippen molar-refractivity contribution in [2.24, 2.45) is 4.99 Å². The number of nitrogens with zero attached hydrogens (tertiary/aromatic N) is 1. The van der Waals surface area contributed by atoms with E-state index < -0.39 is 0 Å².